The van der Waals surface area contributed by atoms with Gasteiger partial charge in [-0.15, -0.1) is 0 Å². The first-order valence-electron chi connectivity index (χ1n) is 6.27. The summed E-state index contributed by atoms with van der Waals surface area (Å²) in [6.45, 7) is 2.66. The van der Waals surface area contributed by atoms with Gasteiger partial charge in [0.05, 0.1) is 12.1 Å². The average Bonchev–Trinajstić information content (AvgIpc) is 2.47. The first kappa shape index (κ1) is 14.8. The summed E-state index contributed by atoms with van der Waals surface area (Å²) < 4.78 is 18.2. The van der Waals surface area contributed by atoms with E-state index in [0.717, 1.165) is 11.1 Å². The molecule has 1 unspecified atom stereocenters. The summed E-state index contributed by atoms with van der Waals surface area (Å²) in [7, 11) is 1.59. The van der Waals surface area contributed by atoms with E-state index < -0.39 is 5.82 Å². The molecule has 2 rings (SSSR count). The second-order valence-electron chi connectivity index (χ2n) is 4.48. The Bertz CT molecular complexity index is 592. The van der Waals surface area contributed by atoms with Gasteiger partial charge in [0.1, 0.15) is 5.82 Å². The number of hydrogen-bond acceptors (Lipinski definition) is 3. The Morgan fingerprint density at radius 1 is 1.35 bits per heavy atom. The highest BCUT2D eigenvalue weighted by molar-refractivity contribution is 6.30. The molecule has 2 aromatic rings. The Morgan fingerprint density at radius 2 is 2.15 bits per heavy atom. The Hall–Kier alpha value is -1.65. The van der Waals surface area contributed by atoms with Crippen molar-refractivity contribution < 1.29 is 9.13 Å². The van der Waals surface area contributed by atoms with E-state index in [9.17, 15) is 4.39 Å². The lowest BCUT2D eigenvalue weighted by Gasteiger charge is -2.15. The van der Waals surface area contributed by atoms with Crippen molar-refractivity contribution in [3.05, 3.63) is 58.5 Å². The van der Waals surface area contributed by atoms with E-state index in [0.29, 0.717) is 12.4 Å². The monoisotopic (exact) mass is 294 g/mol. The molecule has 0 saturated carbocycles. The molecule has 1 N–H and O–H groups in total. The largest absolute Gasteiger partial charge is 0.481 e. The molecule has 20 heavy (non-hydrogen) atoms. The molecular formula is C15H16ClFN2O. The Kier molecular flexibility index (Phi) is 4.93. The van der Waals surface area contributed by atoms with Gasteiger partial charge in [-0.1, -0.05) is 17.7 Å². The number of aromatic nitrogens is 1. The zero-order valence-electron chi connectivity index (χ0n) is 11.4. The maximum absolute atomic E-state index is 13.1. The third-order valence-electron chi connectivity index (χ3n) is 3.06. The van der Waals surface area contributed by atoms with Gasteiger partial charge in [0.15, 0.2) is 0 Å². The molecule has 0 radical (unpaired) electrons. The van der Waals surface area contributed by atoms with Gasteiger partial charge in [-0.3, -0.25) is 0 Å². The van der Waals surface area contributed by atoms with Gasteiger partial charge in [-0.25, -0.2) is 9.37 Å². The number of ether oxygens (including phenoxy) is 1. The van der Waals surface area contributed by atoms with Crippen LogP contribution in [0.1, 0.15) is 24.1 Å². The van der Waals surface area contributed by atoms with Gasteiger partial charge in [0.25, 0.3) is 0 Å². The number of rotatable bonds is 5. The van der Waals surface area contributed by atoms with Crippen molar-refractivity contribution in [3.8, 4) is 5.88 Å². The molecule has 0 aliphatic rings. The highest BCUT2D eigenvalue weighted by atomic mass is 35.5. The maximum atomic E-state index is 13.1. The van der Waals surface area contributed by atoms with Crippen molar-refractivity contribution in [3.63, 3.8) is 0 Å². The molecule has 1 aromatic heterocycles. The van der Waals surface area contributed by atoms with Gasteiger partial charge in [0, 0.05) is 24.8 Å². The zero-order valence-corrected chi connectivity index (χ0v) is 12.1. The number of benzene rings is 1. The molecule has 0 spiro atoms. The van der Waals surface area contributed by atoms with E-state index in [2.05, 4.69) is 10.3 Å². The van der Waals surface area contributed by atoms with Gasteiger partial charge in [-0.05, 0) is 36.2 Å². The summed E-state index contributed by atoms with van der Waals surface area (Å²) in [4.78, 5) is 4.06. The molecule has 3 nitrogen and oxygen atoms in total. The van der Waals surface area contributed by atoms with E-state index in [-0.39, 0.29) is 11.1 Å². The van der Waals surface area contributed by atoms with Crippen molar-refractivity contribution in [2.45, 2.75) is 19.5 Å². The maximum Gasteiger partial charge on any atom is 0.213 e. The molecule has 1 atom stereocenters. The smallest absolute Gasteiger partial charge is 0.213 e. The molecule has 0 bridgehead atoms. The molecule has 106 valence electrons. The van der Waals surface area contributed by atoms with Crippen LogP contribution in [-0.4, -0.2) is 12.1 Å². The Balaban J connectivity index is 2.00. The summed E-state index contributed by atoms with van der Waals surface area (Å²) in [5, 5.41) is 3.49. The second-order valence-corrected chi connectivity index (χ2v) is 4.89. The molecule has 0 aliphatic heterocycles. The minimum Gasteiger partial charge on any atom is -0.481 e. The fourth-order valence-corrected chi connectivity index (χ4v) is 2.03. The highest BCUT2D eigenvalue weighted by Crippen LogP contribution is 2.21. The van der Waals surface area contributed by atoms with Crippen LogP contribution in [0.5, 0.6) is 5.88 Å². The minimum atomic E-state index is -0.401. The average molecular weight is 295 g/mol. The lowest BCUT2D eigenvalue weighted by atomic mass is 10.1. The van der Waals surface area contributed by atoms with E-state index >= 15 is 0 Å². The number of nitrogens with one attached hydrogen (secondary N) is 1. The highest BCUT2D eigenvalue weighted by Gasteiger charge is 2.08. The predicted octanol–water partition coefficient (Wildman–Crippen LogP) is 3.73. The summed E-state index contributed by atoms with van der Waals surface area (Å²) in [6, 6.07) is 8.60. The van der Waals surface area contributed by atoms with E-state index in [4.69, 9.17) is 16.3 Å². The second kappa shape index (κ2) is 6.68. The van der Waals surface area contributed by atoms with Crippen LogP contribution in [-0.2, 0) is 6.54 Å². The topological polar surface area (TPSA) is 34.1 Å². The van der Waals surface area contributed by atoms with Crippen LogP contribution >= 0.6 is 11.6 Å². The van der Waals surface area contributed by atoms with Gasteiger partial charge in [-0.2, -0.15) is 0 Å². The molecule has 0 amide bonds. The van der Waals surface area contributed by atoms with Gasteiger partial charge < -0.3 is 10.1 Å². The third kappa shape index (κ3) is 3.68. The number of nitrogens with zero attached hydrogens (tertiary/aromatic N) is 1. The normalized spacial score (nSPS) is 12.2. The lowest BCUT2D eigenvalue weighted by Crippen LogP contribution is -2.18. The van der Waals surface area contributed by atoms with Gasteiger partial charge in [0.2, 0.25) is 5.88 Å². The summed E-state index contributed by atoms with van der Waals surface area (Å²) >= 11 is 5.79. The van der Waals surface area contributed by atoms with Crippen LogP contribution in [0.25, 0.3) is 0 Å². The van der Waals surface area contributed by atoms with Crippen molar-refractivity contribution in [1.82, 2.24) is 10.3 Å². The van der Waals surface area contributed by atoms with E-state index in [1.807, 2.05) is 19.1 Å². The zero-order chi connectivity index (χ0) is 14.5. The SMILES string of the molecule is COc1cc(CNC(C)c2ccc(F)c(Cl)c2)ccn1. The van der Waals surface area contributed by atoms with Crippen LogP contribution in [0.4, 0.5) is 4.39 Å². The van der Waals surface area contributed by atoms with Crippen LogP contribution in [0, 0.1) is 5.82 Å². The third-order valence-corrected chi connectivity index (χ3v) is 3.35. The predicted molar refractivity (Wildman–Crippen MR) is 77.5 cm³/mol. The van der Waals surface area contributed by atoms with Crippen molar-refractivity contribution in [1.29, 1.82) is 0 Å². The molecule has 0 fully saturated rings. The minimum absolute atomic E-state index is 0.0623. The van der Waals surface area contributed by atoms with Crippen LogP contribution in [0.15, 0.2) is 36.5 Å². The van der Waals surface area contributed by atoms with Crippen molar-refractivity contribution in [2.24, 2.45) is 0 Å². The summed E-state index contributed by atoms with van der Waals surface area (Å²) in [6.07, 6.45) is 1.70. The fraction of sp³-hybridized carbons (Fsp3) is 0.267. The first-order chi connectivity index (χ1) is 9.60. The van der Waals surface area contributed by atoms with Crippen LogP contribution in [0.3, 0.4) is 0 Å². The van der Waals surface area contributed by atoms with Crippen LogP contribution in [0.2, 0.25) is 5.02 Å². The van der Waals surface area contributed by atoms with Gasteiger partial charge >= 0.3 is 0 Å². The van der Waals surface area contributed by atoms with Crippen molar-refractivity contribution in [2.75, 3.05) is 7.11 Å². The van der Waals surface area contributed by atoms with E-state index in [1.54, 1.807) is 25.4 Å². The molecule has 0 aliphatic carbocycles. The molecule has 0 saturated heterocycles. The lowest BCUT2D eigenvalue weighted by molar-refractivity contribution is 0.397. The number of pyridine rings is 1. The summed E-state index contributed by atoms with van der Waals surface area (Å²) in [5.74, 6) is 0.184. The number of halogens is 2. The number of methoxy groups -OCH3 is 1. The molecule has 5 heteroatoms. The fourth-order valence-electron chi connectivity index (χ4n) is 1.84. The quantitative estimate of drug-likeness (QED) is 0.912. The number of hydrogen-bond donors (Lipinski definition) is 1. The van der Waals surface area contributed by atoms with E-state index in [1.165, 1.54) is 6.07 Å². The standard InChI is InChI=1S/C15H16ClFN2O/c1-10(12-3-4-14(17)13(16)8-12)19-9-11-5-6-18-15(7-11)20-2/h3-8,10,19H,9H2,1-2H3. The Labute approximate surface area is 122 Å². The Morgan fingerprint density at radius 3 is 2.85 bits per heavy atom. The molecular weight excluding hydrogens is 279 g/mol. The van der Waals surface area contributed by atoms with Crippen molar-refractivity contribution >= 4 is 11.6 Å². The summed E-state index contributed by atoms with van der Waals surface area (Å²) in [5.41, 5.74) is 2.01. The molecule has 1 aromatic carbocycles. The first-order valence-corrected chi connectivity index (χ1v) is 6.65. The van der Waals surface area contributed by atoms with Crippen LogP contribution < -0.4 is 10.1 Å². The molecule has 1 heterocycles.